The third-order valence-corrected chi connectivity index (χ3v) is 4.40. The molecule has 2 N–H and O–H groups in total. The van der Waals surface area contributed by atoms with E-state index in [1.807, 2.05) is 0 Å². The molecule has 0 aliphatic rings. The number of benzene rings is 1. The molecule has 0 bridgehead atoms. The summed E-state index contributed by atoms with van der Waals surface area (Å²) in [4.78, 5) is 23.4. The molecule has 0 radical (unpaired) electrons. The van der Waals surface area contributed by atoms with E-state index in [1.54, 1.807) is 30.3 Å². The Balaban J connectivity index is -0.00000176. The molecule has 0 atom stereocenters. The van der Waals surface area contributed by atoms with Crippen molar-refractivity contribution < 1.29 is 22.7 Å². The summed E-state index contributed by atoms with van der Waals surface area (Å²) in [7, 11) is 0. The summed E-state index contributed by atoms with van der Waals surface area (Å²) < 4.78 is 0. The minimum Gasteiger partial charge on any atom is -1.00 e. The molecule has 0 heterocycles. The number of carboxylic acids is 2. The number of carbonyl (C=O) groups is 2. The molecule has 0 saturated carbocycles. The first kappa shape index (κ1) is 23.7. The predicted molar refractivity (Wildman–Crippen MR) is 98.6 cm³/mol. The smallest absolute Gasteiger partial charge is 1.00 e. The molecule has 0 spiro atoms. The van der Waals surface area contributed by atoms with Crippen molar-refractivity contribution in [3.8, 4) is 0 Å². The number of rotatable bonds is 12. The molecule has 0 aliphatic heterocycles. The topological polar surface area (TPSA) is 74.6 Å². The van der Waals surface area contributed by atoms with Gasteiger partial charge in [0.05, 0.1) is 0 Å². The number of hydrogen-bond donors (Lipinski definition) is 2. The fourth-order valence-corrected chi connectivity index (χ4v) is 2.94. The van der Waals surface area contributed by atoms with Crippen molar-refractivity contribution >= 4 is 60.8 Å². The van der Waals surface area contributed by atoms with Gasteiger partial charge in [0.1, 0.15) is 0 Å². The molecule has 1 aromatic carbocycles. The Bertz CT molecular complexity index is 484. The molecule has 0 unspecified atom stereocenters. The van der Waals surface area contributed by atoms with Crippen LogP contribution in [0.2, 0.25) is 0 Å². The zero-order valence-corrected chi connectivity index (χ0v) is 19.1. The standard InChI is InChI=1S/C19H28O4.Ba.2H/c1-2-3-4-5-6-7-8-12-15-19(17(20)21,18(22)23)16-13-10-9-11-14-16;;;/h9-11,13-14H,2-8,12,15H2,1H3,(H,20,21)(H,22,23);;;/q;+2;2*-1. The molecular formula is C19H30BaO4. The number of unbranched alkanes of at least 4 members (excludes halogenated alkanes) is 7. The van der Waals surface area contributed by atoms with Crippen molar-refractivity contribution in [2.45, 2.75) is 70.1 Å². The monoisotopic (exact) mass is 460 g/mol. The molecule has 24 heavy (non-hydrogen) atoms. The molecule has 0 fully saturated rings. The normalized spacial score (nSPS) is 10.9. The molecule has 1 rings (SSSR count). The van der Waals surface area contributed by atoms with Crippen LogP contribution in [0.1, 0.15) is 73.1 Å². The molecule has 0 saturated heterocycles. The van der Waals surface area contributed by atoms with E-state index in [0.717, 1.165) is 19.3 Å². The van der Waals surface area contributed by atoms with Gasteiger partial charge < -0.3 is 13.1 Å². The van der Waals surface area contributed by atoms with E-state index in [2.05, 4.69) is 6.92 Å². The van der Waals surface area contributed by atoms with Gasteiger partial charge in [-0.1, -0.05) is 88.6 Å². The van der Waals surface area contributed by atoms with Crippen LogP contribution in [0.25, 0.3) is 0 Å². The van der Waals surface area contributed by atoms with Gasteiger partial charge in [-0.15, -0.1) is 0 Å². The second-order valence-electron chi connectivity index (χ2n) is 6.11. The first-order valence-corrected chi connectivity index (χ1v) is 8.58. The van der Waals surface area contributed by atoms with Gasteiger partial charge in [0.15, 0.2) is 5.41 Å². The Hall–Kier alpha value is -0.269. The Morgan fingerprint density at radius 2 is 1.33 bits per heavy atom. The van der Waals surface area contributed by atoms with Gasteiger partial charge in [-0.25, -0.2) is 0 Å². The Morgan fingerprint density at radius 3 is 1.79 bits per heavy atom. The van der Waals surface area contributed by atoms with Crippen molar-refractivity contribution in [3.63, 3.8) is 0 Å². The molecular weight excluding hydrogens is 430 g/mol. The second kappa shape index (κ2) is 13.0. The zero-order chi connectivity index (χ0) is 17.1. The van der Waals surface area contributed by atoms with Crippen molar-refractivity contribution in [3.05, 3.63) is 35.9 Å². The van der Waals surface area contributed by atoms with Crippen molar-refractivity contribution in [1.29, 1.82) is 0 Å². The van der Waals surface area contributed by atoms with E-state index < -0.39 is 17.4 Å². The van der Waals surface area contributed by atoms with Crippen molar-refractivity contribution in [2.24, 2.45) is 0 Å². The number of hydrogen-bond acceptors (Lipinski definition) is 2. The van der Waals surface area contributed by atoms with Gasteiger partial charge in [0, 0.05) is 0 Å². The fraction of sp³-hybridized carbons (Fsp3) is 0.579. The first-order chi connectivity index (χ1) is 11.1. The van der Waals surface area contributed by atoms with E-state index in [1.165, 1.54) is 25.7 Å². The van der Waals surface area contributed by atoms with Crippen LogP contribution in [0.3, 0.4) is 0 Å². The second-order valence-corrected chi connectivity index (χ2v) is 6.11. The quantitative estimate of drug-likeness (QED) is 0.275. The zero-order valence-electron chi connectivity index (χ0n) is 16.7. The van der Waals surface area contributed by atoms with E-state index in [4.69, 9.17) is 0 Å². The van der Waals surface area contributed by atoms with Crippen molar-refractivity contribution in [2.75, 3.05) is 0 Å². The largest absolute Gasteiger partial charge is 2.00 e. The maximum atomic E-state index is 11.7. The fourth-order valence-electron chi connectivity index (χ4n) is 2.94. The van der Waals surface area contributed by atoms with Crippen LogP contribution in [0.4, 0.5) is 0 Å². The van der Waals surface area contributed by atoms with Crippen LogP contribution in [-0.4, -0.2) is 71.0 Å². The van der Waals surface area contributed by atoms with E-state index >= 15 is 0 Å². The summed E-state index contributed by atoms with van der Waals surface area (Å²) in [5.74, 6) is -2.56. The maximum absolute atomic E-state index is 11.7. The maximum Gasteiger partial charge on any atom is 2.00 e. The summed E-state index contributed by atoms with van der Waals surface area (Å²) in [5.41, 5.74) is -1.48. The minimum atomic E-state index is -1.83. The molecule has 0 aliphatic carbocycles. The molecule has 0 aromatic heterocycles. The van der Waals surface area contributed by atoms with Gasteiger partial charge in [0.25, 0.3) is 0 Å². The SMILES string of the molecule is CCCCCCCCCCC(C(=O)O)(C(=O)O)c1ccccc1.[Ba+2].[H-].[H-]. The van der Waals surface area contributed by atoms with Crippen LogP contribution in [0.5, 0.6) is 0 Å². The third-order valence-electron chi connectivity index (χ3n) is 4.40. The summed E-state index contributed by atoms with van der Waals surface area (Å²) in [6.45, 7) is 2.18. The van der Waals surface area contributed by atoms with E-state index in [9.17, 15) is 19.8 Å². The van der Waals surface area contributed by atoms with Gasteiger partial charge in [-0.3, -0.25) is 9.59 Å². The van der Waals surface area contributed by atoms with Crippen LogP contribution >= 0.6 is 0 Å². The molecule has 1 aromatic rings. The predicted octanol–water partition coefficient (Wildman–Crippen LogP) is 4.47. The third kappa shape index (κ3) is 6.92. The Labute approximate surface area is 188 Å². The summed E-state index contributed by atoms with van der Waals surface area (Å²) in [6, 6.07) is 8.31. The summed E-state index contributed by atoms with van der Waals surface area (Å²) >= 11 is 0. The first-order valence-electron chi connectivity index (χ1n) is 8.58. The van der Waals surface area contributed by atoms with Gasteiger partial charge in [-0.2, -0.15) is 0 Å². The summed E-state index contributed by atoms with van der Waals surface area (Å²) in [5, 5.41) is 19.1. The van der Waals surface area contributed by atoms with Gasteiger partial charge in [0.2, 0.25) is 0 Å². The van der Waals surface area contributed by atoms with Gasteiger partial charge in [-0.05, 0) is 12.0 Å². The Kier molecular flexibility index (Phi) is 12.9. The van der Waals surface area contributed by atoms with Crippen LogP contribution < -0.4 is 0 Å². The van der Waals surface area contributed by atoms with Gasteiger partial charge >= 0.3 is 60.8 Å². The van der Waals surface area contributed by atoms with Crippen LogP contribution in [0.15, 0.2) is 30.3 Å². The van der Waals surface area contributed by atoms with Crippen molar-refractivity contribution in [1.82, 2.24) is 0 Å². The summed E-state index contributed by atoms with van der Waals surface area (Å²) in [6.07, 6.45) is 8.72. The average molecular weight is 460 g/mol. The molecule has 132 valence electrons. The molecule has 5 heteroatoms. The molecule has 4 nitrogen and oxygen atoms in total. The van der Waals surface area contributed by atoms with E-state index in [0.29, 0.717) is 12.0 Å². The van der Waals surface area contributed by atoms with E-state index in [-0.39, 0.29) is 58.2 Å². The minimum absolute atomic E-state index is 0. The molecule has 0 amide bonds. The van der Waals surface area contributed by atoms with Crippen LogP contribution in [0, 0.1) is 0 Å². The number of carboxylic acid groups (broad SMARTS) is 2. The average Bonchev–Trinajstić information content (AvgIpc) is 2.54. The number of aliphatic carboxylic acids is 2. The van der Waals surface area contributed by atoms with Crippen LogP contribution in [-0.2, 0) is 15.0 Å². The Morgan fingerprint density at radius 1 is 0.875 bits per heavy atom.